The van der Waals surface area contributed by atoms with E-state index in [2.05, 4.69) is 38.4 Å². The van der Waals surface area contributed by atoms with Gasteiger partial charge in [-0.2, -0.15) is 0 Å². The van der Waals surface area contributed by atoms with Crippen LogP contribution in [-0.4, -0.2) is 35.8 Å². The SMILES string of the molecule is COCCCNC(=O)NCc1ccc(Cn2cnc3ccccc32)cc1. The third-order valence-corrected chi connectivity index (χ3v) is 4.17. The summed E-state index contributed by atoms with van der Waals surface area (Å²) in [6, 6.07) is 16.2. The molecule has 2 aromatic carbocycles. The third-order valence-electron chi connectivity index (χ3n) is 4.17. The summed E-state index contributed by atoms with van der Waals surface area (Å²) < 4.78 is 7.08. The zero-order valence-electron chi connectivity index (χ0n) is 14.9. The number of imidazole rings is 1. The van der Waals surface area contributed by atoms with Crippen molar-refractivity contribution in [2.75, 3.05) is 20.3 Å². The normalized spacial score (nSPS) is 10.8. The summed E-state index contributed by atoms with van der Waals surface area (Å²) in [5.74, 6) is 0. The van der Waals surface area contributed by atoms with E-state index in [0.717, 1.165) is 29.6 Å². The van der Waals surface area contributed by atoms with Crippen molar-refractivity contribution in [3.63, 3.8) is 0 Å². The van der Waals surface area contributed by atoms with Crippen molar-refractivity contribution in [2.45, 2.75) is 19.5 Å². The van der Waals surface area contributed by atoms with Crippen LogP contribution in [0.15, 0.2) is 54.9 Å². The number of hydrogen-bond donors (Lipinski definition) is 2. The fourth-order valence-electron chi connectivity index (χ4n) is 2.76. The second-order valence-electron chi connectivity index (χ2n) is 6.13. The molecule has 6 heteroatoms. The predicted molar refractivity (Wildman–Crippen MR) is 102 cm³/mol. The lowest BCUT2D eigenvalue weighted by Gasteiger charge is -2.09. The number of hydrogen-bond acceptors (Lipinski definition) is 3. The first kappa shape index (κ1) is 17.9. The minimum Gasteiger partial charge on any atom is -0.385 e. The van der Waals surface area contributed by atoms with Gasteiger partial charge in [0.25, 0.3) is 0 Å². The van der Waals surface area contributed by atoms with Gasteiger partial charge in [-0.15, -0.1) is 0 Å². The van der Waals surface area contributed by atoms with E-state index < -0.39 is 0 Å². The van der Waals surface area contributed by atoms with Crippen molar-refractivity contribution in [1.82, 2.24) is 20.2 Å². The molecule has 0 bridgehead atoms. The number of amides is 2. The van der Waals surface area contributed by atoms with Crippen LogP contribution >= 0.6 is 0 Å². The molecule has 0 atom stereocenters. The summed E-state index contributed by atoms with van der Waals surface area (Å²) >= 11 is 0. The average molecular weight is 352 g/mol. The molecular formula is C20H24N4O2. The molecule has 2 amide bonds. The van der Waals surface area contributed by atoms with E-state index in [9.17, 15) is 4.79 Å². The fraction of sp³-hybridized carbons (Fsp3) is 0.300. The van der Waals surface area contributed by atoms with E-state index in [4.69, 9.17) is 4.74 Å². The number of fused-ring (bicyclic) bond motifs is 1. The van der Waals surface area contributed by atoms with Gasteiger partial charge in [0.05, 0.1) is 17.4 Å². The van der Waals surface area contributed by atoms with Gasteiger partial charge in [-0.05, 0) is 29.7 Å². The van der Waals surface area contributed by atoms with Gasteiger partial charge in [0.2, 0.25) is 0 Å². The lowest BCUT2D eigenvalue weighted by atomic mass is 10.1. The highest BCUT2D eigenvalue weighted by molar-refractivity contribution is 5.75. The summed E-state index contributed by atoms with van der Waals surface area (Å²) in [6.45, 7) is 2.53. The first-order chi connectivity index (χ1) is 12.8. The molecule has 0 fully saturated rings. The number of urea groups is 1. The minimum absolute atomic E-state index is 0.157. The first-order valence-corrected chi connectivity index (χ1v) is 8.74. The molecule has 26 heavy (non-hydrogen) atoms. The molecule has 6 nitrogen and oxygen atoms in total. The number of rotatable bonds is 8. The Balaban J connectivity index is 1.50. The molecule has 3 rings (SSSR count). The molecule has 136 valence electrons. The second-order valence-corrected chi connectivity index (χ2v) is 6.13. The van der Waals surface area contributed by atoms with Crippen LogP contribution in [0.4, 0.5) is 4.79 Å². The molecule has 0 spiro atoms. The van der Waals surface area contributed by atoms with E-state index in [-0.39, 0.29) is 6.03 Å². The maximum Gasteiger partial charge on any atom is 0.315 e. The maximum atomic E-state index is 11.7. The number of para-hydroxylation sites is 2. The van der Waals surface area contributed by atoms with Crippen molar-refractivity contribution in [3.8, 4) is 0 Å². The first-order valence-electron chi connectivity index (χ1n) is 8.74. The Kier molecular flexibility index (Phi) is 6.22. The van der Waals surface area contributed by atoms with Crippen molar-refractivity contribution < 1.29 is 9.53 Å². The van der Waals surface area contributed by atoms with Gasteiger partial charge in [0.1, 0.15) is 0 Å². The second kappa shape index (κ2) is 9.01. The molecule has 0 saturated carbocycles. The van der Waals surface area contributed by atoms with Crippen LogP contribution in [0.5, 0.6) is 0 Å². The van der Waals surface area contributed by atoms with Gasteiger partial charge < -0.3 is 19.9 Å². The Morgan fingerprint density at radius 3 is 2.65 bits per heavy atom. The number of methoxy groups -OCH3 is 1. The van der Waals surface area contributed by atoms with Crippen LogP contribution in [0.1, 0.15) is 17.5 Å². The highest BCUT2D eigenvalue weighted by Gasteiger charge is 2.03. The summed E-state index contributed by atoms with van der Waals surface area (Å²) in [4.78, 5) is 16.1. The van der Waals surface area contributed by atoms with Crippen LogP contribution in [0.2, 0.25) is 0 Å². The Labute approximate surface area is 153 Å². The van der Waals surface area contributed by atoms with Crippen LogP contribution in [0, 0.1) is 0 Å². The number of carbonyl (C=O) groups excluding carboxylic acids is 1. The Hall–Kier alpha value is -2.86. The molecule has 0 saturated heterocycles. The topological polar surface area (TPSA) is 68.2 Å². The van der Waals surface area contributed by atoms with Gasteiger partial charge in [-0.3, -0.25) is 0 Å². The molecule has 2 N–H and O–H groups in total. The Morgan fingerprint density at radius 2 is 1.85 bits per heavy atom. The van der Waals surface area contributed by atoms with Gasteiger partial charge in [0, 0.05) is 33.4 Å². The highest BCUT2D eigenvalue weighted by atomic mass is 16.5. The van der Waals surface area contributed by atoms with Gasteiger partial charge in [-0.1, -0.05) is 36.4 Å². The molecular weight excluding hydrogens is 328 g/mol. The minimum atomic E-state index is -0.157. The predicted octanol–water partition coefficient (Wildman–Crippen LogP) is 2.92. The maximum absolute atomic E-state index is 11.7. The van der Waals surface area contributed by atoms with E-state index >= 15 is 0 Å². The van der Waals surface area contributed by atoms with E-state index in [1.807, 2.05) is 36.7 Å². The van der Waals surface area contributed by atoms with Crippen molar-refractivity contribution >= 4 is 17.1 Å². The summed E-state index contributed by atoms with van der Waals surface area (Å²) in [7, 11) is 1.65. The van der Waals surface area contributed by atoms with Gasteiger partial charge in [0.15, 0.2) is 0 Å². The third kappa shape index (κ3) is 4.83. The van der Waals surface area contributed by atoms with Crippen molar-refractivity contribution in [2.24, 2.45) is 0 Å². The zero-order chi connectivity index (χ0) is 18.2. The smallest absolute Gasteiger partial charge is 0.315 e. The van der Waals surface area contributed by atoms with Crippen molar-refractivity contribution in [1.29, 1.82) is 0 Å². The van der Waals surface area contributed by atoms with E-state index in [0.29, 0.717) is 19.7 Å². The van der Waals surface area contributed by atoms with Crippen LogP contribution in [0.3, 0.4) is 0 Å². The number of carbonyl (C=O) groups is 1. The van der Waals surface area contributed by atoms with Crippen molar-refractivity contribution in [3.05, 3.63) is 66.0 Å². The summed E-state index contributed by atoms with van der Waals surface area (Å²) in [6.07, 6.45) is 2.68. The lowest BCUT2D eigenvalue weighted by Crippen LogP contribution is -2.35. The van der Waals surface area contributed by atoms with Crippen LogP contribution < -0.4 is 10.6 Å². The monoisotopic (exact) mass is 352 g/mol. The van der Waals surface area contributed by atoms with E-state index in [1.165, 1.54) is 5.56 Å². The number of aromatic nitrogens is 2. The quantitative estimate of drug-likeness (QED) is 0.613. The van der Waals surface area contributed by atoms with Crippen LogP contribution in [-0.2, 0) is 17.8 Å². The average Bonchev–Trinajstić information content (AvgIpc) is 3.08. The van der Waals surface area contributed by atoms with Crippen LogP contribution in [0.25, 0.3) is 11.0 Å². The largest absolute Gasteiger partial charge is 0.385 e. The number of nitrogens with zero attached hydrogens (tertiary/aromatic N) is 2. The molecule has 0 aliphatic rings. The summed E-state index contributed by atoms with van der Waals surface area (Å²) in [5, 5.41) is 5.66. The van der Waals surface area contributed by atoms with Gasteiger partial charge in [-0.25, -0.2) is 9.78 Å². The summed E-state index contributed by atoms with van der Waals surface area (Å²) in [5.41, 5.74) is 4.39. The standard InChI is InChI=1S/C20H24N4O2/c1-26-12-4-11-21-20(25)22-13-16-7-9-17(10-8-16)14-24-15-23-18-5-2-3-6-19(18)24/h2-3,5-10,15H,4,11-14H2,1H3,(H2,21,22,25). The fourth-order valence-corrected chi connectivity index (χ4v) is 2.76. The number of ether oxygens (including phenoxy) is 1. The molecule has 3 aromatic rings. The molecule has 0 aliphatic carbocycles. The number of benzene rings is 2. The molecule has 0 radical (unpaired) electrons. The van der Waals surface area contributed by atoms with Gasteiger partial charge >= 0.3 is 6.03 Å². The Bertz CT molecular complexity index is 842. The molecule has 1 aromatic heterocycles. The Morgan fingerprint density at radius 1 is 1.08 bits per heavy atom. The lowest BCUT2D eigenvalue weighted by molar-refractivity contribution is 0.193. The highest BCUT2D eigenvalue weighted by Crippen LogP contribution is 2.14. The number of nitrogens with one attached hydrogen (secondary N) is 2. The van der Waals surface area contributed by atoms with E-state index in [1.54, 1.807) is 7.11 Å². The zero-order valence-corrected chi connectivity index (χ0v) is 14.9. The molecule has 0 aliphatic heterocycles. The molecule has 0 unspecified atom stereocenters. The molecule has 1 heterocycles.